The zero-order valence-corrected chi connectivity index (χ0v) is 16.1. The van der Waals surface area contributed by atoms with Crippen LogP contribution in [0.4, 0.5) is 24.8 Å². The Hall–Kier alpha value is -2.82. The topological polar surface area (TPSA) is 79.0 Å². The van der Waals surface area contributed by atoms with Crippen LogP contribution in [0.3, 0.4) is 0 Å². The number of rotatable bonds is 5. The van der Waals surface area contributed by atoms with Gasteiger partial charge in [-0.2, -0.15) is 18.2 Å². The maximum Gasteiger partial charge on any atom is 0.425 e. The van der Waals surface area contributed by atoms with Gasteiger partial charge in [-0.15, -0.1) is 5.10 Å². The van der Waals surface area contributed by atoms with Crippen LogP contribution in [-0.4, -0.2) is 49.8 Å². The fourth-order valence-corrected chi connectivity index (χ4v) is 3.27. The Kier molecular flexibility index (Phi) is 4.85. The van der Waals surface area contributed by atoms with E-state index in [4.69, 9.17) is 9.47 Å². The van der Waals surface area contributed by atoms with Gasteiger partial charge in [-0.3, -0.25) is 4.68 Å². The predicted octanol–water partition coefficient (Wildman–Crippen LogP) is 3.45. The van der Waals surface area contributed by atoms with Gasteiger partial charge in [-0.1, -0.05) is 6.92 Å². The molecule has 0 aliphatic carbocycles. The normalized spacial score (nSPS) is 20.9. The van der Waals surface area contributed by atoms with Crippen LogP contribution >= 0.6 is 0 Å². The molecule has 3 aromatic rings. The first-order valence-electron chi connectivity index (χ1n) is 9.17. The molecule has 4 heterocycles. The first-order chi connectivity index (χ1) is 13.7. The summed E-state index contributed by atoms with van der Waals surface area (Å²) < 4.78 is 52.5. The molecule has 11 heteroatoms. The smallest absolute Gasteiger partial charge is 0.425 e. The monoisotopic (exact) mass is 410 g/mol. The first kappa shape index (κ1) is 19.5. The van der Waals surface area contributed by atoms with E-state index >= 15 is 0 Å². The summed E-state index contributed by atoms with van der Waals surface area (Å²) in [5.74, 6) is 0.412. The van der Waals surface area contributed by atoms with Gasteiger partial charge < -0.3 is 19.4 Å². The average molecular weight is 410 g/mol. The minimum absolute atomic E-state index is 0.167. The van der Waals surface area contributed by atoms with Crippen molar-refractivity contribution in [1.82, 2.24) is 24.3 Å². The molecule has 29 heavy (non-hydrogen) atoms. The summed E-state index contributed by atoms with van der Waals surface area (Å²) in [5, 5.41) is 7.74. The lowest BCUT2D eigenvalue weighted by Gasteiger charge is -2.17. The molecule has 0 aromatic carbocycles. The first-order valence-corrected chi connectivity index (χ1v) is 9.17. The van der Waals surface area contributed by atoms with Gasteiger partial charge in [0.2, 0.25) is 5.95 Å². The number of halogens is 3. The molecule has 1 saturated heterocycles. The van der Waals surface area contributed by atoms with Crippen molar-refractivity contribution in [2.75, 3.05) is 18.5 Å². The number of nitrogens with zero attached hydrogens (tertiary/aromatic N) is 5. The Morgan fingerprint density at radius 3 is 2.83 bits per heavy atom. The van der Waals surface area contributed by atoms with Crippen molar-refractivity contribution >= 4 is 22.7 Å². The van der Waals surface area contributed by atoms with Gasteiger partial charge >= 0.3 is 6.18 Å². The highest BCUT2D eigenvalue weighted by Gasteiger charge is 2.39. The third kappa shape index (κ3) is 3.86. The molecule has 0 amide bonds. The minimum Gasteiger partial charge on any atom is -0.462 e. The van der Waals surface area contributed by atoms with E-state index < -0.39 is 12.3 Å². The van der Waals surface area contributed by atoms with Crippen LogP contribution in [0.2, 0.25) is 0 Å². The molecule has 0 saturated carbocycles. The maximum atomic E-state index is 12.8. The van der Waals surface area contributed by atoms with Gasteiger partial charge in [0, 0.05) is 30.7 Å². The second-order valence-electron chi connectivity index (χ2n) is 7.23. The van der Waals surface area contributed by atoms with Crippen molar-refractivity contribution < 1.29 is 22.6 Å². The molecule has 3 aromatic heterocycles. The highest BCUT2D eigenvalue weighted by atomic mass is 19.4. The van der Waals surface area contributed by atoms with E-state index in [1.807, 2.05) is 16.8 Å². The summed E-state index contributed by atoms with van der Waals surface area (Å²) in [6.45, 7) is 4.34. The Balaban J connectivity index is 1.62. The molecule has 0 radical (unpaired) electrons. The molecule has 0 unspecified atom stereocenters. The lowest BCUT2D eigenvalue weighted by Crippen LogP contribution is -2.31. The molecule has 0 bridgehead atoms. The van der Waals surface area contributed by atoms with Crippen LogP contribution in [0.5, 0.6) is 5.88 Å². The van der Waals surface area contributed by atoms with E-state index in [0.29, 0.717) is 19.1 Å². The third-order valence-electron chi connectivity index (χ3n) is 4.93. The average Bonchev–Trinajstić information content (AvgIpc) is 3.33. The van der Waals surface area contributed by atoms with Crippen LogP contribution in [0, 0.1) is 5.92 Å². The summed E-state index contributed by atoms with van der Waals surface area (Å²) in [6.07, 6.45) is -1.37. The van der Waals surface area contributed by atoms with Gasteiger partial charge in [0.1, 0.15) is 11.3 Å². The van der Waals surface area contributed by atoms with Crippen molar-refractivity contribution in [2.45, 2.75) is 32.2 Å². The molecular weight excluding hydrogens is 389 g/mol. The standard InChI is InChI=1S/C18H21F3N6O2/c1-10-8-28-9-14(10)27-5-4-12-6-22-17(24-15(12)27)23-13-7-26(3)25-16(13)29-11(2)18(19,20)21/h4-7,10-11,14H,8-9H2,1-3H3,(H,22,23,24)/t10-,11-,14-/m0/s1. The zero-order valence-electron chi connectivity index (χ0n) is 16.1. The van der Waals surface area contributed by atoms with Crippen LogP contribution in [0.15, 0.2) is 24.7 Å². The van der Waals surface area contributed by atoms with Crippen molar-refractivity contribution in [2.24, 2.45) is 13.0 Å². The van der Waals surface area contributed by atoms with E-state index in [1.165, 1.54) is 10.9 Å². The molecule has 156 valence electrons. The fourth-order valence-electron chi connectivity index (χ4n) is 3.27. The van der Waals surface area contributed by atoms with Crippen LogP contribution < -0.4 is 10.1 Å². The quantitative estimate of drug-likeness (QED) is 0.694. The summed E-state index contributed by atoms with van der Waals surface area (Å²) in [7, 11) is 1.59. The van der Waals surface area contributed by atoms with Crippen molar-refractivity contribution in [3.8, 4) is 5.88 Å². The van der Waals surface area contributed by atoms with E-state index in [2.05, 4.69) is 27.3 Å². The number of nitrogens with one attached hydrogen (secondary N) is 1. The molecule has 0 spiro atoms. The third-order valence-corrected chi connectivity index (χ3v) is 4.93. The van der Waals surface area contributed by atoms with Gasteiger partial charge in [-0.25, -0.2) is 4.98 Å². The second-order valence-corrected chi connectivity index (χ2v) is 7.23. The fraction of sp³-hybridized carbons (Fsp3) is 0.500. The maximum absolute atomic E-state index is 12.8. The van der Waals surface area contributed by atoms with E-state index in [1.54, 1.807) is 13.2 Å². The van der Waals surface area contributed by atoms with Crippen molar-refractivity contribution in [3.05, 3.63) is 24.7 Å². The van der Waals surface area contributed by atoms with Gasteiger partial charge in [0.25, 0.3) is 5.88 Å². The molecule has 1 fully saturated rings. The minimum atomic E-state index is -4.49. The summed E-state index contributed by atoms with van der Waals surface area (Å²) in [4.78, 5) is 8.82. The van der Waals surface area contributed by atoms with Crippen molar-refractivity contribution in [3.63, 3.8) is 0 Å². The number of anilines is 2. The Labute approximate surface area is 164 Å². The number of hydrogen-bond donors (Lipinski definition) is 1. The SMILES string of the molecule is C[C@H](Oc1nn(C)cc1Nc1ncc2ccn([C@H]3COC[C@@H]3C)c2n1)C(F)(F)F. The molecule has 1 aliphatic rings. The number of ether oxygens (including phenoxy) is 2. The number of aryl methyl sites for hydroxylation is 1. The highest BCUT2D eigenvalue weighted by Crippen LogP contribution is 2.32. The van der Waals surface area contributed by atoms with E-state index in [0.717, 1.165) is 18.0 Å². The van der Waals surface area contributed by atoms with E-state index in [-0.39, 0.29) is 23.6 Å². The number of alkyl halides is 3. The Bertz CT molecular complexity index is 1010. The van der Waals surface area contributed by atoms with Gasteiger partial charge in [0.05, 0.1) is 25.5 Å². The van der Waals surface area contributed by atoms with Crippen LogP contribution in [0.1, 0.15) is 19.9 Å². The highest BCUT2D eigenvalue weighted by molar-refractivity contribution is 5.77. The summed E-state index contributed by atoms with van der Waals surface area (Å²) >= 11 is 0. The van der Waals surface area contributed by atoms with Crippen LogP contribution in [-0.2, 0) is 11.8 Å². The van der Waals surface area contributed by atoms with Gasteiger partial charge in [0.15, 0.2) is 6.10 Å². The molecule has 4 rings (SSSR count). The Morgan fingerprint density at radius 1 is 1.34 bits per heavy atom. The number of hydrogen-bond acceptors (Lipinski definition) is 6. The second kappa shape index (κ2) is 7.21. The largest absolute Gasteiger partial charge is 0.462 e. The summed E-state index contributed by atoms with van der Waals surface area (Å²) in [5.41, 5.74) is 0.971. The molecule has 1 N–H and O–H groups in total. The number of fused-ring (bicyclic) bond motifs is 1. The molecular formula is C18H21F3N6O2. The zero-order chi connectivity index (χ0) is 20.8. The molecule has 8 nitrogen and oxygen atoms in total. The predicted molar refractivity (Wildman–Crippen MR) is 99.2 cm³/mol. The van der Waals surface area contributed by atoms with Gasteiger partial charge in [-0.05, 0) is 13.0 Å². The molecule has 1 aliphatic heterocycles. The van der Waals surface area contributed by atoms with Crippen LogP contribution in [0.25, 0.3) is 11.0 Å². The molecule has 3 atom stereocenters. The number of aromatic nitrogens is 5. The van der Waals surface area contributed by atoms with Crippen molar-refractivity contribution in [1.29, 1.82) is 0 Å². The lowest BCUT2D eigenvalue weighted by molar-refractivity contribution is -0.189. The van der Waals surface area contributed by atoms with E-state index in [9.17, 15) is 13.2 Å². The summed E-state index contributed by atoms with van der Waals surface area (Å²) in [6, 6.07) is 2.09. The lowest BCUT2D eigenvalue weighted by atomic mass is 10.1. The Morgan fingerprint density at radius 2 is 2.14 bits per heavy atom.